The van der Waals surface area contributed by atoms with E-state index in [1.54, 1.807) is 18.2 Å². The lowest BCUT2D eigenvalue weighted by atomic mass is 10.2. The minimum absolute atomic E-state index is 0.154. The molecule has 7 heteroatoms. The molecular formula is C13H10FN5O. The number of para-hydroxylation sites is 1. The second kappa shape index (κ2) is 4.61. The third kappa shape index (κ3) is 1.85. The Hall–Kier alpha value is -2.96. The maximum Gasteiger partial charge on any atom is 0.170 e. The molecule has 0 spiro atoms. The van der Waals surface area contributed by atoms with Crippen molar-refractivity contribution in [1.29, 1.82) is 0 Å². The van der Waals surface area contributed by atoms with E-state index in [-0.39, 0.29) is 17.1 Å². The number of hydrogen-bond donors (Lipinski definition) is 2. The van der Waals surface area contributed by atoms with Crippen molar-refractivity contribution in [3.8, 4) is 5.69 Å². The number of amidine groups is 1. The fraction of sp³-hybridized carbons (Fsp3) is 0. The second-order valence-corrected chi connectivity index (χ2v) is 4.14. The van der Waals surface area contributed by atoms with Crippen LogP contribution in [0, 0.1) is 5.82 Å². The molecular weight excluding hydrogens is 261 g/mol. The molecule has 0 saturated heterocycles. The van der Waals surface area contributed by atoms with E-state index >= 15 is 0 Å². The Bertz CT molecular complexity index is 811. The largest absolute Gasteiger partial charge is 0.409 e. The molecule has 1 aromatic heterocycles. The number of rotatable bonds is 2. The first kappa shape index (κ1) is 12.1. The van der Waals surface area contributed by atoms with Crippen LogP contribution in [0.1, 0.15) is 5.56 Å². The number of halogens is 1. The van der Waals surface area contributed by atoms with Crippen molar-refractivity contribution in [3.05, 3.63) is 53.8 Å². The molecule has 0 radical (unpaired) electrons. The fourth-order valence-electron chi connectivity index (χ4n) is 1.94. The summed E-state index contributed by atoms with van der Waals surface area (Å²) in [5.74, 6) is -0.691. The zero-order valence-electron chi connectivity index (χ0n) is 10.2. The van der Waals surface area contributed by atoms with Crippen molar-refractivity contribution in [2.24, 2.45) is 10.9 Å². The Kier molecular flexibility index (Phi) is 2.79. The van der Waals surface area contributed by atoms with Crippen LogP contribution in [0.3, 0.4) is 0 Å². The molecule has 0 aliphatic heterocycles. The minimum atomic E-state index is -0.537. The predicted molar refractivity (Wildman–Crippen MR) is 71.3 cm³/mol. The van der Waals surface area contributed by atoms with E-state index in [1.807, 2.05) is 12.1 Å². The van der Waals surface area contributed by atoms with Gasteiger partial charge in [0.05, 0.1) is 5.52 Å². The van der Waals surface area contributed by atoms with Gasteiger partial charge < -0.3 is 10.9 Å². The van der Waals surface area contributed by atoms with E-state index in [9.17, 15) is 4.39 Å². The van der Waals surface area contributed by atoms with Crippen LogP contribution in [0.4, 0.5) is 4.39 Å². The maximum absolute atomic E-state index is 14.2. The molecule has 0 atom stereocenters. The van der Waals surface area contributed by atoms with Gasteiger partial charge in [-0.25, -0.2) is 9.07 Å². The van der Waals surface area contributed by atoms with Gasteiger partial charge in [0.2, 0.25) is 0 Å². The number of nitrogens with two attached hydrogens (primary N) is 1. The third-order valence-electron chi connectivity index (χ3n) is 2.93. The summed E-state index contributed by atoms with van der Waals surface area (Å²) in [6.07, 6.45) is 0. The average molecular weight is 271 g/mol. The number of fused-ring (bicyclic) bond motifs is 1. The van der Waals surface area contributed by atoms with Crippen LogP contribution in [-0.2, 0) is 0 Å². The van der Waals surface area contributed by atoms with Crippen molar-refractivity contribution in [2.75, 3.05) is 0 Å². The van der Waals surface area contributed by atoms with Gasteiger partial charge in [-0.3, -0.25) is 0 Å². The summed E-state index contributed by atoms with van der Waals surface area (Å²) in [7, 11) is 0. The summed E-state index contributed by atoms with van der Waals surface area (Å²) in [5.41, 5.74) is 7.33. The van der Waals surface area contributed by atoms with E-state index in [0.717, 1.165) is 0 Å². The minimum Gasteiger partial charge on any atom is -0.409 e. The summed E-state index contributed by atoms with van der Waals surface area (Å²) in [6.45, 7) is 0. The summed E-state index contributed by atoms with van der Waals surface area (Å²) < 4.78 is 15.6. The summed E-state index contributed by atoms with van der Waals surface area (Å²) >= 11 is 0. The molecule has 3 N–H and O–H groups in total. The molecule has 1 heterocycles. The van der Waals surface area contributed by atoms with Crippen LogP contribution in [-0.4, -0.2) is 26.0 Å². The average Bonchev–Trinajstić information content (AvgIpc) is 2.90. The zero-order chi connectivity index (χ0) is 14.1. The lowest BCUT2D eigenvalue weighted by Crippen LogP contribution is -2.14. The lowest BCUT2D eigenvalue weighted by Gasteiger charge is -2.05. The molecule has 0 unspecified atom stereocenters. The highest BCUT2D eigenvalue weighted by Gasteiger charge is 2.12. The summed E-state index contributed by atoms with van der Waals surface area (Å²) in [5, 5.41) is 19.3. The number of hydrogen-bond acceptors (Lipinski definition) is 4. The SMILES string of the molecule is N/C(=N\O)c1ccc(-n2nnc3ccccc32)c(F)c1. The van der Waals surface area contributed by atoms with E-state index in [2.05, 4.69) is 15.5 Å². The monoisotopic (exact) mass is 271 g/mol. The molecule has 6 nitrogen and oxygen atoms in total. The van der Waals surface area contributed by atoms with Gasteiger partial charge in [-0.15, -0.1) is 5.10 Å². The van der Waals surface area contributed by atoms with Gasteiger partial charge in [-0.05, 0) is 30.3 Å². The first-order valence-electron chi connectivity index (χ1n) is 5.79. The Morgan fingerprint density at radius 3 is 2.80 bits per heavy atom. The van der Waals surface area contributed by atoms with E-state index in [0.29, 0.717) is 11.0 Å². The molecule has 100 valence electrons. The first-order chi connectivity index (χ1) is 9.70. The van der Waals surface area contributed by atoms with Gasteiger partial charge in [0.25, 0.3) is 0 Å². The van der Waals surface area contributed by atoms with E-state index in [1.165, 1.54) is 16.8 Å². The van der Waals surface area contributed by atoms with Crippen molar-refractivity contribution in [3.63, 3.8) is 0 Å². The Morgan fingerprint density at radius 1 is 1.25 bits per heavy atom. The van der Waals surface area contributed by atoms with Gasteiger partial charge >= 0.3 is 0 Å². The van der Waals surface area contributed by atoms with Crippen LogP contribution >= 0.6 is 0 Å². The fourth-order valence-corrected chi connectivity index (χ4v) is 1.94. The van der Waals surface area contributed by atoms with Gasteiger partial charge in [0, 0.05) is 5.56 Å². The quantitative estimate of drug-likeness (QED) is 0.321. The third-order valence-corrected chi connectivity index (χ3v) is 2.93. The normalized spacial score (nSPS) is 11.9. The highest BCUT2D eigenvalue weighted by atomic mass is 19.1. The van der Waals surface area contributed by atoms with E-state index < -0.39 is 5.82 Å². The molecule has 3 aromatic rings. The van der Waals surface area contributed by atoms with Crippen molar-refractivity contribution < 1.29 is 9.60 Å². The Morgan fingerprint density at radius 2 is 2.05 bits per heavy atom. The molecule has 3 rings (SSSR count). The molecule has 0 aliphatic rings. The smallest absolute Gasteiger partial charge is 0.170 e. The highest BCUT2D eigenvalue weighted by Crippen LogP contribution is 2.19. The molecule has 2 aromatic carbocycles. The standard InChI is InChI=1S/C13H10FN5O/c14-9-7-8(13(15)17-20)5-6-11(9)19-12-4-2-1-3-10(12)16-18-19/h1-7,20H,(H2,15,17). The number of aromatic nitrogens is 3. The maximum atomic E-state index is 14.2. The van der Waals surface area contributed by atoms with Gasteiger partial charge in [-0.2, -0.15) is 0 Å². The van der Waals surface area contributed by atoms with Crippen molar-refractivity contribution in [2.45, 2.75) is 0 Å². The summed E-state index contributed by atoms with van der Waals surface area (Å²) in [6, 6.07) is 11.5. The number of benzene rings is 2. The van der Waals surface area contributed by atoms with E-state index in [4.69, 9.17) is 10.9 Å². The molecule has 0 amide bonds. The Balaban J connectivity index is 2.15. The zero-order valence-corrected chi connectivity index (χ0v) is 10.2. The molecule has 0 bridgehead atoms. The lowest BCUT2D eigenvalue weighted by molar-refractivity contribution is 0.318. The van der Waals surface area contributed by atoms with Gasteiger partial charge in [0.1, 0.15) is 17.0 Å². The van der Waals surface area contributed by atoms with Crippen molar-refractivity contribution >= 4 is 16.9 Å². The van der Waals surface area contributed by atoms with Crippen LogP contribution < -0.4 is 5.73 Å². The topological polar surface area (TPSA) is 89.3 Å². The van der Waals surface area contributed by atoms with Crippen LogP contribution in [0.25, 0.3) is 16.7 Å². The van der Waals surface area contributed by atoms with Gasteiger partial charge in [0.15, 0.2) is 5.84 Å². The van der Waals surface area contributed by atoms with Crippen LogP contribution in [0.15, 0.2) is 47.6 Å². The summed E-state index contributed by atoms with van der Waals surface area (Å²) in [4.78, 5) is 0. The van der Waals surface area contributed by atoms with Gasteiger partial charge in [-0.1, -0.05) is 22.5 Å². The molecule has 20 heavy (non-hydrogen) atoms. The number of oxime groups is 1. The molecule has 0 fully saturated rings. The number of nitrogens with zero attached hydrogens (tertiary/aromatic N) is 4. The van der Waals surface area contributed by atoms with Crippen LogP contribution in [0.2, 0.25) is 0 Å². The molecule has 0 saturated carbocycles. The predicted octanol–water partition coefficient (Wildman–Crippen LogP) is 1.65. The van der Waals surface area contributed by atoms with Crippen LogP contribution in [0.5, 0.6) is 0 Å². The highest BCUT2D eigenvalue weighted by molar-refractivity contribution is 5.97. The second-order valence-electron chi connectivity index (χ2n) is 4.14. The van der Waals surface area contributed by atoms with Crippen molar-refractivity contribution in [1.82, 2.24) is 15.0 Å². The Labute approximate surface area is 112 Å². The molecule has 0 aliphatic carbocycles. The first-order valence-corrected chi connectivity index (χ1v) is 5.79.